The number of rotatable bonds is 6. The van der Waals surface area contributed by atoms with Crippen LogP contribution in [0.25, 0.3) is 11.0 Å². The van der Waals surface area contributed by atoms with E-state index in [1.165, 1.54) is 0 Å². The van der Waals surface area contributed by atoms with Crippen LogP contribution in [-0.4, -0.2) is 54.1 Å². The Balaban J connectivity index is 2.07. The summed E-state index contributed by atoms with van der Waals surface area (Å²) in [7, 11) is 3.61. The van der Waals surface area contributed by atoms with Gasteiger partial charge in [0.2, 0.25) is 5.91 Å². The Hall–Kier alpha value is -1.85. The molecule has 2 atom stereocenters. The molecule has 0 aliphatic heterocycles. The van der Waals surface area contributed by atoms with Gasteiger partial charge in [-0.05, 0) is 33.0 Å². The molecule has 2 aromatic rings. The van der Waals surface area contributed by atoms with Crippen molar-refractivity contribution in [3.8, 4) is 0 Å². The lowest BCUT2D eigenvalue weighted by Crippen LogP contribution is -2.42. The van der Waals surface area contributed by atoms with Gasteiger partial charge in [-0.25, -0.2) is 0 Å². The van der Waals surface area contributed by atoms with Gasteiger partial charge in [0.25, 0.3) is 0 Å². The van der Waals surface area contributed by atoms with Gasteiger partial charge in [0, 0.05) is 18.5 Å². The molecule has 0 spiro atoms. The summed E-state index contributed by atoms with van der Waals surface area (Å²) >= 11 is 0. The molecule has 1 aromatic heterocycles. The SMILES string of the molecule is CC(CO)N(C)CC(=O)N(C)C(C)c1cc2ccccc2o1. The zero-order valence-electron chi connectivity index (χ0n) is 13.6. The van der Waals surface area contributed by atoms with Gasteiger partial charge in [-0.2, -0.15) is 0 Å². The molecule has 1 heterocycles. The van der Waals surface area contributed by atoms with E-state index in [1.807, 2.05) is 56.1 Å². The van der Waals surface area contributed by atoms with Gasteiger partial charge in [0.1, 0.15) is 11.3 Å². The number of carbonyl (C=O) groups is 1. The molecule has 1 amide bonds. The van der Waals surface area contributed by atoms with E-state index in [4.69, 9.17) is 9.52 Å². The minimum atomic E-state index is -0.141. The topological polar surface area (TPSA) is 56.9 Å². The summed E-state index contributed by atoms with van der Waals surface area (Å²) in [5, 5.41) is 10.2. The van der Waals surface area contributed by atoms with Gasteiger partial charge >= 0.3 is 0 Å². The van der Waals surface area contributed by atoms with Crippen molar-refractivity contribution in [2.45, 2.75) is 25.9 Å². The van der Waals surface area contributed by atoms with E-state index in [-0.39, 0.29) is 31.1 Å². The molecular weight excluding hydrogens is 280 g/mol. The molecule has 0 saturated carbocycles. The van der Waals surface area contributed by atoms with E-state index in [2.05, 4.69) is 0 Å². The highest BCUT2D eigenvalue weighted by molar-refractivity contribution is 5.80. The summed E-state index contributed by atoms with van der Waals surface area (Å²) in [5.74, 6) is 0.769. The first kappa shape index (κ1) is 16.5. The first-order valence-electron chi connectivity index (χ1n) is 7.49. The quantitative estimate of drug-likeness (QED) is 0.889. The molecule has 22 heavy (non-hydrogen) atoms. The molecular formula is C17H24N2O3. The molecule has 0 fully saturated rings. The second-order valence-corrected chi connectivity index (χ2v) is 5.81. The van der Waals surface area contributed by atoms with Crippen LogP contribution in [0.2, 0.25) is 0 Å². The van der Waals surface area contributed by atoms with Crippen molar-refractivity contribution < 1.29 is 14.3 Å². The van der Waals surface area contributed by atoms with E-state index < -0.39 is 0 Å². The lowest BCUT2D eigenvalue weighted by atomic mass is 10.2. The van der Waals surface area contributed by atoms with Crippen molar-refractivity contribution in [2.24, 2.45) is 0 Å². The Kier molecular flexibility index (Phi) is 5.21. The van der Waals surface area contributed by atoms with Gasteiger partial charge in [-0.3, -0.25) is 9.69 Å². The third-order valence-corrected chi connectivity index (χ3v) is 4.23. The fourth-order valence-electron chi connectivity index (χ4n) is 2.24. The number of likely N-dealkylation sites (N-methyl/N-ethyl adjacent to an activating group) is 2. The number of aliphatic hydroxyl groups excluding tert-OH is 1. The standard InChI is InChI=1S/C17H24N2O3/c1-12(11-20)18(3)10-17(21)19(4)13(2)16-9-14-7-5-6-8-15(14)22-16/h5-9,12-13,20H,10-11H2,1-4H3. The normalized spacial score (nSPS) is 14.3. The summed E-state index contributed by atoms with van der Waals surface area (Å²) < 4.78 is 5.83. The van der Waals surface area contributed by atoms with Crippen molar-refractivity contribution in [3.63, 3.8) is 0 Å². The highest BCUT2D eigenvalue weighted by Crippen LogP contribution is 2.26. The van der Waals surface area contributed by atoms with Gasteiger partial charge in [0.05, 0.1) is 19.2 Å². The molecule has 0 bridgehead atoms. The summed E-state index contributed by atoms with van der Waals surface area (Å²) in [6, 6.07) is 9.60. The number of hydrogen-bond acceptors (Lipinski definition) is 4. The second kappa shape index (κ2) is 6.94. The summed E-state index contributed by atoms with van der Waals surface area (Å²) in [4.78, 5) is 15.9. The van der Waals surface area contributed by atoms with Gasteiger partial charge in [-0.1, -0.05) is 18.2 Å². The largest absolute Gasteiger partial charge is 0.459 e. The third-order valence-electron chi connectivity index (χ3n) is 4.23. The smallest absolute Gasteiger partial charge is 0.237 e. The van der Waals surface area contributed by atoms with E-state index in [1.54, 1.807) is 11.9 Å². The van der Waals surface area contributed by atoms with Crippen LogP contribution in [0.15, 0.2) is 34.7 Å². The van der Waals surface area contributed by atoms with Crippen molar-refractivity contribution in [2.75, 3.05) is 27.2 Å². The minimum Gasteiger partial charge on any atom is -0.459 e. The Bertz CT molecular complexity index is 605. The molecule has 0 radical (unpaired) electrons. The van der Waals surface area contributed by atoms with Crippen molar-refractivity contribution in [1.82, 2.24) is 9.80 Å². The minimum absolute atomic E-state index is 0.00393. The Labute approximate surface area is 131 Å². The number of furan rings is 1. The number of aliphatic hydroxyl groups is 1. The van der Waals surface area contributed by atoms with Crippen molar-refractivity contribution in [1.29, 1.82) is 0 Å². The Morgan fingerprint density at radius 3 is 2.59 bits per heavy atom. The number of amides is 1. The number of fused-ring (bicyclic) bond motifs is 1. The van der Waals surface area contributed by atoms with Gasteiger partial charge in [-0.15, -0.1) is 0 Å². The molecule has 2 rings (SSSR count). The maximum atomic E-state index is 12.4. The maximum Gasteiger partial charge on any atom is 0.237 e. The molecule has 2 unspecified atom stereocenters. The van der Waals surface area contributed by atoms with Crippen LogP contribution in [0.3, 0.4) is 0 Å². The van der Waals surface area contributed by atoms with Crippen LogP contribution in [0.5, 0.6) is 0 Å². The van der Waals surface area contributed by atoms with Crippen molar-refractivity contribution >= 4 is 16.9 Å². The number of para-hydroxylation sites is 1. The first-order valence-corrected chi connectivity index (χ1v) is 7.49. The molecule has 120 valence electrons. The first-order chi connectivity index (χ1) is 10.4. The molecule has 5 nitrogen and oxygen atoms in total. The maximum absolute atomic E-state index is 12.4. The number of hydrogen-bond donors (Lipinski definition) is 1. The zero-order chi connectivity index (χ0) is 16.3. The molecule has 5 heteroatoms. The Morgan fingerprint density at radius 2 is 1.95 bits per heavy atom. The van der Waals surface area contributed by atoms with Crippen LogP contribution in [0.4, 0.5) is 0 Å². The molecule has 0 aliphatic rings. The van der Waals surface area contributed by atoms with Gasteiger partial charge < -0.3 is 14.4 Å². The Morgan fingerprint density at radius 1 is 1.27 bits per heavy atom. The number of benzene rings is 1. The van der Waals surface area contributed by atoms with E-state index in [9.17, 15) is 4.79 Å². The fourth-order valence-corrected chi connectivity index (χ4v) is 2.24. The molecule has 0 aliphatic carbocycles. The fraction of sp³-hybridized carbons (Fsp3) is 0.471. The monoisotopic (exact) mass is 304 g/mol. The lowest BCUT2D eigenvalue weighted by Gasteiger charge is -2.28. The van der Waals surface area contributed by atoms with Crippen LogP contribution in [0.1, 0.15) is 25.6 Å². The average Bonchev–Trinajstić information content (AvgIpc) is 2.96. The lowest BCUT2D eigenvalue weighted by molar-refractivity contribution is -0.133. The summed E-state index contributed by atoms with van der Waals surface area (Å²) in [6.07, 6.45) is 0. The highest BCUT2D eigenvalue weighted by atomic mass is 16.3. The average molecular weight is 304 g/mol. The molecule has 1 N–H and O–H groups in total. The number of carbonyl (C=O) groups excluding carboxylic acids is 1. The van der Waals surface area contributed by atoms with Crippen molar-refractivity contribution in [3.05, 3.63) is 36.1 Å². The van der Waals surface area contributed by atoms with E-state index in [0.29, 0.717) is 0 Å². The summed E-state index contributed by atoms with van der Waals surface area (Å²) in [5.41, 5.74) is 0.830. The number of nitrogens with zero attached hydrogens (tertiary/aromatic N) is 2. The molecule has 0 saturated heterocycles. The second-order valence-electron chi connectivity index (χ2n) is 5.81. The predicted octanol–water partition coefficient (Wildman–Crippen LogP) is 2.26. The predicted molar refractivity (Wildman–Crippen MR) is 86.6 cm³/mol. The van der Waals surface area contributed by atoms with Gasteiger partial charge in [0.15, 0.2) is 0 Å². The summed E-state index contributed by atoms with van der Waals surface area (Å²) in [6.45, 7) is 4.14. The van der Waals surface area contributed by atoms with Crippen LogP contribution in [-0.2, 0) is 4.79 Å². The third kappa shape index (κ3) is 3.48. The van der Waals surface area contributed by atoms with Crippen LogP contribution < -0.4 is 0 Å². The van der Waals surface area contributed by atoms with E-state index >= 15 is 0 Å². The van der Waals surface area contributed by atoms with E-state index in [0.717, 1.165) is 16.7 Å². The van der Waals surface area contributed by atoms with Crippen LogP contribution >= 0.6 is 0 Å². The zero-order valence-corrected chi connectivity index (χ0v) is 13.6. The van der Waals surface area contributed by atoms with Crippen LogP contribution in [0, 0.1) is 0 Å². The highest BCUT2D eigenvalue weighted by Gasteiger charge is 2.22. The molecule has 1 aromatic carbocycles.